The molecule has 0 fully saturated rings. The van der Waals surface area contributed by atoms with Crippen molar-refractivity contribution >= 4 is 40.9 Å². The van der Waals surface area contributed by atoms with Gasteiger partial charge >= 0.3 is 0 Å². The minimum absolute atomic E-state index is 0.0108. The largest absolute Gasteiger partial charge is 0.504 e. The molecule has 5 rings (SSSR count). The number of para-hydroxylation sites is 2. The Balaban J connectivity index is 1.53. The summed E-state index contributed by atoms with van der Waals surface area (Å²) < 4.78 is 13.1. The number of aromatic hydroxyl groups is 1. The molecule has 2 heterocycles. The van der Waals surface area contributed by atoms with E-state index in [4.69, 9.17) is 31.2 Å². The topological polar surface area (TPSA) is 111 Å². The van der Waals surface area contributed by atoms with Crippen molar-refractivity contribution in [3.63, 3.8) is 0 Å². The van der Waals surface area contributed by atoms with E-state index in [1.165, 1.54) is 11.8 Å². The molecule has 1 amide bonds. The van der Waals surface area contributed by atoms with Crippen LogP contribution in [0.3, 0.4) is 0 Å². The molecule has 1 aliphatic heterocycles. The number of amides is 1. The Labute approximate surface area is 247 Å². The van der Waals surface area contributed by atoms with Gasteiger partial charge in [-0.1, -0.05) is 59.8 Å². The smallest absolute Gasteiger partial charge is 0.255 e. The van der Waals surface area contributed by atoms with Crippen LogP contribution in [0, 0.1) is 0 Å². The Hall–Kier alpha value is -4.15. The molecule has 0 bridgehead atoms. The summed E-state index contributed by atoms with van der Waals surface area (Å²) in [5.74, 6) is 1.64. The number of nitrogens with one attached hydrogen (secondary N) is 2. The fourth-order valence-electron chi connectivity index (χ4n) is 4.57. The van der Waals surface area contributed by atoms with Gasteiger partial charge in [0.1, 0.15) is 11.8 Å². The summed E-state index contributed by atoms with van der Waals surface area (Å²) in [6.45, 7) is 6.39. The molecule has 0 aliphatic carbocycles. The van der Waals surface area contributed by atoms with Gasteiger partial charge in [-0.25, -0.2) is 4.68 Å². The number of halogens is 1. The lowest BCUT2D eigenvalue weighted by molar-refractivity contribution is -0.113. The Morgan fingerprint density at radius 2 is 1.80 bits per heavy atom. The van der Waals surface area contributed by atoms with Crippen molar-refractivity contribution < 1.29 is 19.4 Å². The van der Waals surface area contributed by atoms with Crippen molar-refractivity contribution in [3.8, 4) is 17.2 Å². The zero-order chi connectivity index (χ0) is 28.9. The van der Waals surface area contributed by atoms with Crippen LogP contribution in [0.1, 0.15) is 37.9 Å². The van der Waals surface area contributed by atoms with Gasteiger partial charge in [-0.3, -0.25) is 4.79 Å². The van der Waals surface area contributed by atoms with E-state index in [1.807, 2.05) is 63.2 Å². The Kier molecular flexibility index (Phi) is 8.70. The van der Waals surface area contributed by atoms with Crippen molar-refractivity contribution in [2.45, 2.75) is 37.7 Å². The fourth-order valence-corrected chi connectivity index (χ4v) is 5.68. The van der Waals surface area contributed by atoms with Gasteiger partial charge in [0.15, 0.2) is 11.5 Å². The molecule has 1 aromatic heterocycles. The Morgan fingerprint density at radius 1 is 1.07 bits per heavy atom. The molecule has 1 unspecified atom stereocenters. The number of hydrogen-bond acceptors (Lipinski definition) is 8. The quantitative estimate of drug-likeness (QED) is 0.176. The van der Waals surface area contributed by atoms with Crippen LogP contribution in [0.5, 0.6) is 17.2 Å². The van der Waals surface area contributed by atoms with Gasteiger partial charge in [-0.15, -0.1) is 5.10 Å². The molecule has 212 valence electrons. The second kappa shape index (κ2) is 12.6. The van der Waals surface area contributed by atoms with Crippen LogP contribution in [0.15, 0.2) is 83.2 Å². The molecular weight excluding hydrogens is 562 g/mol. The van der Waals surface area contributed by atoms with Crippen LogP contribution in [0.4, 0.5) is 11.6 Å². The summed E-state index contributed by atoms with van der Waals surface area (Å²) in [4.78, 5) is 18.6. The molecule has 0 radical (unpaired) electrons. The first-order chi connectivity index (χ1) is 19.9. The summed E-state index contributed by atoms with van der Waals surface area (Å²) in [7, 11) is 0. The number of thioether (sulfide) groups is 1. The number of benzene rings is 3. The Morgan fingerprint density at radius 3 is 2.59 bits per heavy atom. The summed E-state index contributed by atoms with van der Waals surface area (Å²) in [5, 5.41) is 22.6. The number of rotatable bonds is 10. The second-order valence-electron chi connectivity index (χ2n) is 9.15. The number of anilines is 2. The van der Waals surface area contributed by atoms with Gasteiger partial charge < -0.3 is 25.2 Å². The number of phenols is 1. The average Bonchev–Trinajstić information content (AvgIpc) is 3.36. The van der Waals surface area contributed by atoms with Crippen molar-refractivity contribution in [1.29, 1.82) is 0 Å². The standard InChI is InChI=1S/C30H30ClN5O4S/c1-4-39-24-13-9-8-12-22(24)33-28(38)26-18(3)32-29-34-30(41-17-20-10-6-7-11-21(20)31)35-36(29)27(26)19-14-15-23(37)25(16-19)40-5-2/h6-16,27,37H,4-5,17H2,1-3H3,(H,33,38)(H,32,34,35). The number of allylic oxidation sites excluding steroid dienone is 1. The number of nitrogens with zero attached hydrogens (tertiary/aromatic N) is 3. The summed E-state index contributed by atoms with van der Waals surface area (Å²) >= 11 is 7.80. The number of ether oxygens (including phenoxy) is 2. The van der Waals surface area contributed by atoms with Crippen LogP contribution < -0.4 is 20.1 Å². The molecule has 1 atom stereocenters. The summed E-state index contributed by atoms with van der Waals surface area (Å²) in [5.41, 5.74) is 3.28. The maximum Gasteiger partial charge on any atom is 0.255 e. The highest BCUT2D eigenvalue weighted by molar-refractivity contribution is 7.98. The van der Waals surface area contributed by atoms with Gasteiger partial charge in [0.25, 0.3) is 5.91 Å². The minimum Gasteiger partial charge on any atom is -0.504 e. The second-order valence-corrected chi connectivity index (χ2v) is 10.5. The third-order valence-corrected chi connectivity index (χ3v) is 7.68. The van der Waals surface area contributed by atoms with Crippen molar-refractivity contribution in [3.05, 3.63) is 94.1 Å². The van der Waals surface area contributed by atoms with Crippen LogP contribution in [-0.2, 0) is 10.5 Å². The third kappa shape index (κ3) is 6.13. The number of hydrogen-bond donors (Lipinski definition) is 3. The minimum atomic E-state index is -0.660. The van der Waals surface area contributed by atoms with E-state index < -0.39 is 6.04 Å². The van der Waals surface area contributed by atoms with Gasteiger partial charge in [-0.05, 0) is 62.2 Å². The molecule has 11 heteroatoms. The van der Waals surface area contributed by atoms with E-state index >= 15 is 0 Å². The van der Waals surface area contributed by atoms with Gasteiger partial charge in [0, 0.05) is 16.5 Å². The number of phenolic OH excluding ortho intramolecular Hbond substituents is 1. The van der Waals surface area contributed by atoms with E-state index in [0.717, 1.165) is 5.56 Å². The van der Waals surface area contributed by atoms with Crippen LogP contribution in [-0.4, -0.2) is 39.0 Å². The molecule has 3 aromatic carbocycles. The van der Waals surface area contributed by atoms with Crippen LogP contribution >= 0.6 is 23.4 Å². The first kappa shape index (κ1) is 28.4. The maximum absolute atomic E-state index is 13.9. The summed E-state index contributed by atoms with van der Waals surface area (Å²) in [6.07, 6.45) is 0. The Bertz CT molecular complexity index is 1610. The van der Waals surface area contributed by atoms with Gasteiger partial charge in [0.05, 0.1) is 24.5 Å². The molecule has 0 saturated carbocycles. The number of aromatic nitrogens is 3. The third-order valence-electron chi connectivity index (χ3n) is 6.43. The van der Waals surface area contributed by atoms with E-state index in [2.05, 4.69) is 10.6 Å². The SMILES string of the molecule is CCOc1cc(C2C(C(=O)Nc3ccccc3OCC)=C(C)Nc3nc(SCc4ccccc4Cl)nn32)ccc1O. The van der Waals surface area contributed by atoms with Gasteiger partial charge in [-0.2, -0.15) is 4.98 Å². The molecule has 0 saturated heterocycles. The highest BCUT2D eigenvalue weighted by Gasteiger charge is 2.35. The molecule has 9 nitrogen and oxygen atoms in total. The van der Waals surface area contributed by atoms with Crippen molar-refractivity contribution in [1.82, 2.24) is 14.8 Å². The zero-order valence-electron chi connectivity index (χ0n) is 22.8. The molecule has 3 N–H and O–H groups in total. The number of carbonyl (C=O) groups is 1. The highest BCUT2D eigenvalue weighted by atomic mass is 35.5. The normalized spacial score (nSPS) is 14.3. The first-order valence-electron chi connectivity index (χ1n) is 13.2. The fraction of sp³-hybridized carbons (Fsp3) is 0.233. The van der Waals surface area contributed by atoms with Crippen LogP contribution in [0.2, 0.25) is 5.02 Å². The predicted octanol–water partition coefficient (Wildman–Crippen LogP) is 6.65. The predicted molar refractivity (Wildman–Crippen MR) is 161 cm³/mol. The molecule has 41 heavy (non-hydrogen) atoms. The summed E-state index contributed by atoms with van der Waals surface area (Å²) in [6, 6.07) is 19.3. The average molecular weight is 592 g/mol. The maximum atomic E-state index is 13.9. The molecule has 4 aromatic rings. The van der Waals surface area contributed by atoms with Crippen molar-refractivity contribution in [2.75, 3.05) is 23.8 Å². The number of fused-ring (bicyclic) bond motifs is 1. The van der Waals surface area contributed by atoms with E-state index in [1.54, 1.807) is 28.9 Å². The van der Waals surface area contributed by atoms with E-state index in [0.29, 0.717) is 69.1 Å². The molecule has 1 aliphatic rings. The van der Waals surface area contributed by atoms with E-state index in [9.17, 15) is 9.90 Å². The zero-order valence-corrected chi connectivity index (χ0v) is 24.4. The van der Waals surface area contributed by atoms with Gasteiger partial charge in [0.2, 0.25) is 11.1 Å². The lowest BCUT2D eigenvalue weighted by Gasteiger charge is -2.29. The monoisotopic (exact) mass is 591 g/mol. The highest BCUT2D eigenvalue weighted by Crippen LogP contribution is 2.40. The number of carbonyl (C=O) groups excluding carboxylic acids is 1. The lowest BCUT2D eigenvalue weighted by Crippen LogP contribution is -2.31. The van der Waals surface area contributed by atoms with E-state index in [-0.39, 0.29) is 11.7 Å². The lowest BCUT2D eigenvalue weighted by atomic mass is 9.94. The molecular formula is C30H30ClN5O4S. The molecule has 0 spiro atoms. The van der Waals surface area contributed by atoms with Crippen LogP contribution in [0.25, 0.3) is 0 Å². The first-order valence-corrected chi connectivity index (χ1v) is 14.5. The van der Waals surface area contributed by atoms with Crippen molar-refractivity contribution in [2.24, 2.45) is 0 Å².